The molecule has 1 saturated heterocycles. The summed E-state index contributed by atoms with van der Waals surface area (Å²) in [5.74, 6) is -0.150. The molecule has 0 spiro atoms. The van der Waals surface area contributed by atoms with Crippen molar-refractivity contribution in [3.8, 4) is 0 Å². The first-order chi connectivity index (χ1) is 12.0. The Balaban J connectivity index is 1.68. The van der Waals surface area contributed by atoms with Gasteiger partial charge in [-0.3, -0.25) is 4.79 Å². The smallest absolute Gasteiger partial charge is 0.224 e. The summed E-state index contributed by atoms with van der Waals surface area (Å²) in [5.41, 5.74) is 0.906. The molecule has 7 heteroatoms. The van der Waals surface area contributed by atoms with E-state index in [4.69, 9.17) is 11.6 Å². The van der Waals surface area contributed by atoms with E-state index in [-0.39, 0.29) is 29.4 Å². The summed E-state index contributed by atoms with van der Waals surface area (Å²) >= 11 is 6.30. The highest BCUT2D eigenvalue weighted by Crippen LogP contribution is 2.30. The molecule has 1 aliphatic heterocycles. The van der Waals surface area contributed by atoms with Crippen LogP contribution in [0.15, 0.2) is 24.3 Å². The van der Waals surface area contributed by atoms with Crippen molar-refractivity contribution in [3.05, 3.63) is 34.9 Å². The van der Waals surface area contributed by atoms with Gasteiger partial charge in [0.05, 0.1) is 17.0 Å². The maximum absolute atomic E-state index is 12.7. The van der Waals surface area contributed by atoms with Gasteiger partial charge in [-0.25, -0.2) is 8.42 Å². The van der Waals surface area contributed by atoms with E-state index < -0.39 is 9.84 Å². The molecule has 3 rings (SSSR count). The highest BCUT2D eigenvalue weighted by atomic mass is 35.5. The minimum atomic E-state index is -3.17. The summed E-state index contributed by atoms with van der Waals surface area (Å²) in [7, 11) is -3.17. The number of hydrogen-bond donors (Lipinski definition) is 1. The summed E-state index contributed by atoms with van der Waals surface area (Å²) in [6.07, 6.45) is 3.49. The third-order valence-corrected chi connectivity index (χ3v) is 7.84. The van der Waals surface area contributed by atoms with E-state index in [1.165, 1.54) is 0 Å². The van der Waals surface area contributed by atoms with Gasteiger partial charge in [-0.2, -0.15) is 0 Å². The van der Waals surface area contributed by atoms with E-state index >= 15 is 0 Å². The SMILES string of the molecule is O=C(CCS(=O)(=O)C1CCCC1)N1CCNCC1c1ccccc1Cl. The highest BCUT2D eigenvalue weighted by Gasteiger charge is 2.32. The van der Waals surface area contributed by atoms with Crippen molar-refractivity contribution in [3.63, 3.8) is 0 Å². The maximum atomic E-state index is 12.7. The minimum absolute atomic E-state index is 0.0460. The predicted molar refractivity (Wildman–Crippen MR) is 99.4 cm³/mol. The topological polar surface area (TPSA) is 66.5 Å². The minimum Gasteiger partial charge on any atom is -0.333 e. The predicted octanol–water partition coefficient (Wildman–Crippen LogP) is 2.56. The second-order valence-electron chi connectivity index (χ2n) is 6.85. The zero-order chi connectivity index (χ0) is 17.9. The van der Waals surface area contributed by atoms with Crippen molar-refractivity contribution >= 4 is 27.3 Å². The number of halogens is 1. The van der Waals surface area contributed by atoms with E-state index in [9.17, 15) is 13.2 Å². The first-order valence-corrected chi connectivity index (χ1v) is 11.0. The molecule has 0 radical (unpaired) electrons. The molecule has 5 nitrogen and oxygen atoms in total. The van der Waals surface area contributed by atoms with Gasteiger partial charge in [0, 0.05) is 31.1 Å². The van der Waals surface area contributed by atoms with Crippen molar-refractivity contribution in [2.24, 2.45) is 0 Å². The van der Waals surface area contributed by atoms with Crippen LogP contribution in [-0.4, -0.2) is 49.9 Å². The molecular formula is C18H25ClN2O3S. The standard InChI is InChI=1S/C18H25ClN2O3S/c19-16-8-4-3-7-15(16)17-13-20-10-11-21(17)18(22)9-12-25(23,24)14-5-1-2-6-14/h3-4,7-8,14,17,20H,1-2,5-6,9-13H2. The molecular weight excluding hydrogens is 360 g/mol. The maximum Gasteiger partial charge on any atom is 0.224 e. The number of carbonyl (C=O) groups is 1. The van der Waals surface area contributed by atoms with Crippen molar-refractivity contribution in [2.45, 2.75) is 43.4 Å². The summed E-state index contributed by atoms with van der Waals surface area (Å²) in [4.78, 5) is 14.5. The van der Waals surface area contributed by atoms with Crippen LogP contribution >= 0.6 is 11.6 Å². The third kappa shape index (κ3) is 4.36. The van der Waals surface area contributed by atoms with Gasteiger partial charge in [0.1, 0.15) is 0 Å². The number of sulfone groups is 1. The number of piperazine rings is 1. The Hall–Kier alpha value is -1.11. The van der Waals surface area contributed by atoms with Gasteiger partial charge in [-0.15, -0.1) is 0 Å². The lowest BCUT2D eigenvalue weighted by Crippen LogP contribution is -2.49. The van der Waals surface area contributed by atoms with Crippen LogP contribution in [0, 0.1) is 0 Å². The van der Waals surface area contributed by atoms with Crippen molar-refractivity contribution in [2.75, 3.05) is 25.4 Å². The van der Waals surface area contributed by atoms with Gasteiger partial charge in [0.25, 0.3) is 0 Å². The number of carbonyl (C=O) groups excluding carboxylic acids is 1. The third-order valence-electron chi connectivity index (χ3n) is 5.24. The van der Waals surface area contributed by atoms with Gasteiger partial charge in [0.2, 0.25) is 5.91 Å². The number of nitrogens with zero attached hydrogens (tertiary/aromatic N) is 1. The zero-order valence-electron chi connectivity index (χ0n) is 14.3. The first-order valence-electron chi connectivity index (χ1n) is 8.95. The molecule has 2 fully saturated rings. The van der Waals surface area contributed by atoms with Crippen molar-refractivity contribution in [1.29, 1.82) is 0 Å². The van der Waals surface area contributed by atoms with Crippen LogP contribution in [0.1, 0.15) is 43.7 Å². The quantitative estimate of drug-likeness (QED) is 0.847. The first kappa shape index (κ1) is 18.7. The monoisotopic (exact) mass is 384 g/mol. The molecule has 25 heavy (non-hydrogen) atoms. The second kappa shape index (κ2) is 8.06. The molecule has 1 saturated carbocycles. The normalized spacial score (nSPS) is 22.3. The number of hydrogen-bond acceptors (Lipinski definition) is 4. The summed E-state index contributed by atoms with van der Waals surface area (Å²) < 4.78 is 24.8. The van der Waals surface area contributed by atoms with Crippen LogP contribution in [0.4, 0.5) is 0 Å². The fourth-order valence-corrected chi connectivity index (χ4v) is 5.92. The molecule has 0 aromatic heterocycles. The molecule has 1 N–H and O–H groups in total. The van der Waals surface area contributed by atoms with Crippen LogP contribution in [0.5, 0.6) is 0 Å². The summed E-state index contributed by atoms with van der Waals surface area (Å²) in [5, 5.41) is 3.68. The van der Waals surface area contributed by atoms with E-state index in [1.54, 1.807) is 4.90 Å². The second-order valence-corrected chi connectivity index (χ2v) is 9.66. The number of nitrogens with one attached hydrogen (secondary N) is 1. The van der Waals surface area contributed by atoms with E-state index in [1.807, 2.05) is 24.3 Å². The lowest BCUT2D eigenvalue weighted by atomic mass is 10.0. The lowest BCUT2D eigenvalue weighted by Gasteiger charge is -2.37. The van der Waals surface area contributed by atoms with Gasteiger partial charge < -0.3 is 10.2 Å². The Morgan fingerprint density at radius 2 is 1.96 bits per heavy atom. The number of benzene rings is 1. The van der Waals surface area contributed by atoms with Gasteiger partial charge in [0.15, 0.2) is 9.84 Å². The van der Waals surface area contributed by atoms with Gasteiger partial charge >= 0.3 is 0 Å². The van der Waals surface area contributed by atoms with Crippen LogP contribution in [-0.2, 0) is 14.6 Å². The molecule has 2 aliphatic rings. The average Bonchev–Trinajstić information content (AvgIpc) is 3.16. The fourth-order valence-electron chi connectivity index (χ4n) is 3.81. The van der Waals surface area contributed by atoms with E-state index in [0.717, 1.165) is 31.2 Å². The highest BCUT2D eigenvalue weighted by molar-refractivity contribution is 7.92. The van der Waals surface area contributed by atoms with E-state index in [0.29, 0.717) is 24.7 Å². The fraction of sp³-hybridized carbons (Fsp3) is 0.611. The molecule has 1 aromatic rings. The molecule has 1 aromatic carbocycles. The summed E-state index contributed by atoms with van der Waals surface area (Å²) in [6, 6.07) is 7.36. The Morgan fingerprint density at radius 1 is 1.24 bits per heavy atom. The van der Waals surface area contributed by atoms with Crippen LogP contribution in [0.3, 0.4) is 0 Å². The Kier molecular flexibility index (Phi) is 6.02. The van der Waals surface area contributed by atoms with Gasteiger partial charge in [-0.1, -0.05) is 42.6 Å². The number of amides is 1. The zero-order valence-corrected chi connectivity index (χ0v) is 15.9. The molecule has 1 atom stereocenters. The molecule has 1 unspecified atom stereocenters. The molecule has 1 amide bonds. The van der Waals surface area contributed by atoms with Crippen LogP contribution in [0.25, 0.3) is 0 Å². The molecule has 1 aliphatic carbocycles. The number of rotatable bonds is 5. The lowest BCUT2D eigenvalue weighted by molar-refractivity contribution is -0.134. The van der Waals surface area contributed by atoms with Crippen LogP contribution in [0.2, 0.25) is 5.02 Å². The van der Waals surface area contributed by atoms with Crippen LogP contribution < -0.4 is 5.32 Å². The Morgan fingerprint density at radius 3 is 2.68 bits per heavy atom. The largest absolute Gasteiger partial charge is 0.333 e. The molecule has 0 bridgehead atoms. The summed E-state index contributed by atoms with van der Waals surface area (Å²) in [6.45, 7) is 1.91. The van der Waals surface area contributed by atoms with E-state index in [2.05, 4.69) is 5.32 Å². The Labute approximate surface area is 154 Å². The molecule has 1 heterocycles. The molecule has 138 valence electrons. The average molecular weight is 385 g/mol. The van der Waals surface area contributed by atoms with Crippen molar-refractivity contribution in [1.82, 2.24) is 10.2 Å². The van der Waals surface area contributed by atoms with Crippen molar-refractivity contribution < 1.29 is 13.2 Å². The Bertz CT molecular complexity index is 717. The van der Waals surface area contributed by atoms with Gasteiger partial charge in [-0.05, 0) is 24.5 Å².